The van der Waals surface area contributed by atoms with Crippen molar-refractivity contribution in [1.82, 2.24) is 4.90 Å². The van der Waals surface area contributed by atoms with Gasteiger partial charge < -0.3 is 9.64 Å². The maximum Gasteiger partial charge on any atom is 0.235 e. The van der Waals surface area contributed by atoms with Crippen LogP contribution in [0.25, 0.3) is 0 Å². The van der Waals surface area contributed by atoms with Gasteiger partial charge in [-0.25, -0.2) is 4.79 Å². The third kappa shape index (κ3) is 3.23. The number of likely N-dealkylation sites (tertiary alicyclic amines) is 1. The van der Waals surface area contributed by atoms with Crippen LogP contribution in [-0.2, 0) is 10.3 Å². The number of rotatable bonds is 4. The first-order chi connectivity index (χ1) is 10.7. The van der Waals surface area contributed by atoms with Crippen LogP contribution < -0.4 is 4.74 Å². The molecule has 22 heavy (non-hydrogen) atoms. The molecule has 2 fully saturated rings. The number of hydrogen-bond donors (Lipinski definition) is 0. The highest BCUT2D eigenvalue weighted by molar-refractivity contribution is 5.41. The molecule has 3 rings (SSSR count). The molecule has 1 aromatic rings. The lowest BCUT2D eigenvalue weighted by Crippen LogP contribution is -2.38. The molecule has 118 valence electrons. The molecule has 0 spiro atoms. The second kappa shape index (κ2) is 6.64. The second-order valence-corrected chi connectivity index (χ2v) is 6.61. The molecule has 1 aliphatic heterocycles. The highest BCUT2D eigenvalue weighted by Crippen LogP contribution is 2.43. The second-order valence-electron chi connectivity index (χ2n) is 6.61. The van der Waals surface area contributed by atoms with Crippen molar-refractivity contribution in [2.45, 2.75) is 50.2 Å². The van der Waals surface area contributed by atoms with Gasteiger partial charge >= 0.3 is 0 Å². The van der Waals surface area contributed by atoms with Crippen LogP contribution in [0.1, 0.15) is 44.1 Å². The molecule has 1 saturated heterocycles. The Kier molecular flexibility index (Phi) is 4.60. The number of isocyanates is 1. The van der Waals surface area contributed by atoms with Crippen molar-refractivity contribution in [2.75, 3.05) is 20.1 Å². The van der Waals surface area contributed by atoms with Crippen LogP contribution in [0, 0.1) is 0 Å². The molecule has 0 radical (unpaired) electrons. The number of carbonyl (C=O) groups excluding carboxylic acids is 1. The van der Waals surface area contributed by atoms with Gasteiger partial charge in [0.05, 0.1) is 5.54 Å². The first-order valence-corrected chi connectivity index (χ1v) is 8.27. The van der Waals surface area contributed by atoms with Crippen LogP contribution in [0.5, 0.6) is 5.75 Å². The van der Waals surface area contributed by atoms with Crippen molar-refractivity contribution in [1.29, 1.82) is 0 Å². The van der Waals surface area contributed by atoms with Gasteiger partial charge in [-0.2, -0.15) is 4.99 Å². The molecule has 1 atom stereocenters. The van der Waals surface area contributed by atoms with E-state index in [4.69, 9.17) is 4.74 Å². The van der Waals surface area contributed by atoms with Gasteiger partial charge in [0.25, 0.3) is 0 Å². The standard InChI is InChI=1S/C18H24N2O2/c1-20-11-5-8-17(13-20)22-16-7-4-6-15(12-16)18(19-14-21)9-2-3-10-18/h4,6-7,12,17H,2-3,5,8-11,13H2,1H3. The summed E-state index contributed by atoms with van der Waals surface area (Å²) in [6, 6.07) is 8.15. The minimum Gasteiger partial charge on any atom is -0.489 e. The molecule has 2 aliphatic rings. The first kappa shape index (κ1) is 15.3. The van der Waals surface area contributed by atoms with Gasteiger partial charge in [0, 0.05) is 6.54 Å². The molecule has 4 nitrogen and oxygen atoms in total. The smallest absolute Gasteiger partial charge is 0.235 e. The molecule has 4 heteroatoms. The van der Waals surface area contributed by atoms with Crippen molar-refractivity contribution >= 4 is 6.08 Å². The summed E-state index contributed by atoms with van der Waals surface area (Å²) >= 11 is 0. The van der Waals surface area contributed by atoms with Gasteiger partial charge in [-0.15, -0.1) is 0 Å². The van der Waals surface area contributed by atoms with E-state index in [0.717, 1.165) is 56.5 Å². The molecular weight excluding hydrogens is 276 g/mol. The summed E-state index contributed by atoms with van der Waals surface area (Å²) in [7, 11) is 2.14. The maximum absolute atomic E-state index is 10.8. The Morgan fingerprint density at radius 3 is 2.86 bits per heavy atom. The Balaban J connectivity index is 1.78. The third-order valence-corrected chi connectivity index (χ3v) is 4.95. The molecule has 1 unspecified atom stereocenters. The van der Waals surface area contributed by atoms with E-state index in [1.165, 1.54) is 6.42 Å². The number of piperidine rings is 1. The van der Waals surface area contributed by atoms with Crippen molar-refractivity contribution < 1.29 is 9.53 Å². The van der Waals surface area contributed by atoms with Gasteiger partial charge in [0.2, 0.25) is 6.08 Å². The topological polar surface area (TPSA) is 41.9 Å². The Bertz CT molecular complexity index is 560. The molecule has 0 bridgehead atoms. The minimum absolute atomic E-state index is 0.253. The number of nitrogens with zero attached hydrogens (tertiary/aromatic N) is 2. The largest absolute Gasteiger partial charge is 0.489 e. The monoisotopic (exact) mass is 300 g/mol. The maximum atomic E-state index is 10.8. The van der Waals surface area contributed by atoms with Crippen molar-refractivity contribution in [3.63, 3.8) is 0 Å². The molecule has 1 saturated carbocycles. The van der Waals surface area contributed by atoms with Gasteiger partial charge in [-0.1, -0.05) is 25.0 Å². The number of hydrogen-bond acceptors (Lipinski definition) is 4. The molecule has 0 N–H and O–H groups in total. The van der Waals surface area contributed by atoms with E-state index in [1.54, 1.807) is 6.08 Å². The predicted octanol–water partition coefficient (Wildman–Crippen LogP) is 3.26. The Morgan fingerprint density at radius 1 is 1.32 bits per heavy atom. The van der Waals surface area contributed by atoms with Crippen LogP contribution in [0.3, 0.4) is 0 Å². The fraction of sp³-hybridized carbons (Fsp3) is 0.611. The van der Waals surface area contributed by atoms with Gasteiger partial charge in [-0.05, 0) is 57.0 Å². The quantitative estimate of drug-likeness (QED) is 0.633. The van der Waals surface area contributed by atoms with Crippen molar-refractivity contribution in [2.24, 2.45) is 4.99 Å². The Hall–Kier alpha value is -1.64. The molecule has 1 aliphatic carbocycles. The van der Waals surface area contributed by atoms with E-state index in [9.17, 15) is 4.79 Å². The van der Waals surface area contributed by atoms with E-state index in [-0.39, 0.29) is 11.6 Å². The van der Waals surface area contributed by atoms with Crippen molar-refractivity contribution in [3.8, 4) is 5.75 Å². The fourth-order valence-corrected chi connectivity index (χ4v) is 3.78. The number of aliphatic imine (C=N–C) groups is 1. The van der Waals surface area contributed by atoms with E-state index >= 15 is 0 Å². The summed E-state index contributed by atoms with van der Waals surface area (Å²) in [5, 5.41) is 0. The lowest BCUT2D eigenvalue weighted by Gasteiger charge is -2.30. The summed E-state index contributed by atoms with van der Waals surface area (Å²) in [6.45, 7) is 2.12. The first-order valence-electron chi connectivity index (χ1n) is 8.27. The zero-order valence-corrected chi connectivity index (χ0v) is 13.3. The Labute approximate surface area is 132 Å². The van der Waals surface area contributed by atoms with E-state index in [1.807, 2.05) is 12.1 Å². The third-order valence-electron chi connectivity index (χ3n) is 4.95. The predicted molar refractivity (Wildman–Crippen MR) is 85.9 cm³/mol. The zero-order chi connectivity index (χ0) is 15.4. The summed E-state index contributed by atoms with van der Waals surface area (Å²) in [5.41, 5.74) is 0.722. The molecule has 0 amide bonds. The van der Waals surface area contributed by atoms with Gasteiger partial charge in [-0.3, -0.25) is 0 Å². The van der Waals surface area contributed by atoms with Crippen LogP contribution in [0.2, 0.25) is 0 Å². The van der Waals surface area contributed by atoms with Gasteiger partial charge in [0.1, 0.15) is 11.9 Å². The summed E-state index contributed by atoms with van der Waals surface area (Å²) < 4.78 is 6.17. The zero-order valence-electron chi connectivity index (χ0n) is 13.3. The van der Waals surface area contributed by atoms with Gasteiger partial charge in [0.15, 0.2) is 0 Å². The molecule has 1 aromatic carbocycles. The summed E-state index contributed by atoms with van der Waals surface area (Å²) in [5.74, 6) is 0.894. The number of benzene rings is 1. The Morgan fingerprint density at radius 2 is 2.14 bits per heavy atom. The number of ether oxygens (including phenoxy) is 1. The van der Waals surface area contributed by atoms with E-state index < -0.39 is 0 Å². The minimum atomic E-state index is -0.371. The van der Waals surface area contributed by atoms with Crippen molar-refractivity contribution in [3.05, 3.63) is 29.8 Å². The molecule has 1 heterocycles. The summed E-state index contributed by atoms with van der Waals surface area (Å²) in [4.78, 5) is 17.3. The van der Waals surface area contributed by atoms with Crippen LogP contribution in [0.15, 0.2) is 29.3 Å². The normalized spacial score (nSPS) is 24.7. The highest BCUT2D eigenvalue weighted by Gasteiger charge is 2.36. The lowest BCUT2D eigenvalue weighted by atomic mass is 9.89. The average molecular weight is 300 g/mol. The number of likely N-dealkylation sites (N-methyl/N-ethyl adjacent to an activating group) is 1. The lowest BCUT2D eigenvalue weighted by molar-refractivity contribution is 0.104. The average Bonchev–Trinajstić information content (AvgIpc) is 2.98. The van der Waals surface area contributed by atoms with E-state index in [0.29, 0.717) is 0 Å². The molecular formula is C18H24N2O2. The van der Waals surface area contributed by atoms with Crippen LogP contribution in [0.4, 0.5) is 0 Å². The van der Waals surface area contributed by atoms with E-state index in [2.05, 4.69) is 29.1 Å². The highest BCUT2D eigenvalue weighted by atomic mass is 16.5. The summed E-state index contributed by atoms with van der Waals surface area (Å²) in [6.07, 6.45) is 8.41. The van der Waals surface area contributed by atoms with Crippen LogP contribution in [-0.4, -0.2) is 37.2 Å². The fourth-order valence-electron chi connectivity index (χ4n) is 3.78. The SMILES string of the molecule is CN1CCCC(Oc2cccc(C3(N=C=O)CCCC3)c2)C1. The van der Waals surface area contributed by atoms with Crippen LogP contribution >= 0.6 is 0 Å². The molecule has 0 aromatic heterocycles.